The average Bonchev–Trinajstić information content (AvgIpc) is 2.37. The molecule has 104 valence electrons. The lowest BCUT2D eigenvalue weighted by Gasteiger charge is -2.42. The van der Waals surface area contributed by atoms with Gasteiger partial charge in [0, 0.05) is 19.3 Å². The first-order valence-electron chi connectivity index (χ1n) is 6.12. The smallest absolute Gasteiger partial charge is 0.226 e. The molecule has 1 aliphatic rings. The van der Waals surface area contributed by atoms with Gasteiger partial charge in [0.1, 0.15) is 11.5 Å². The molecule has 7 nitrogen and oxygen atoms in total. The van der Waals surface area contributed by atoms with Crippen LogP contribution in [0.1, 0.15) is 19.5 Å². The van der Waals surface area contributed by atoms with E-state index < -0.39 is 0 Å². The van der Waals surface area contributed by atoms with Crippen LogP contribution in [0.4, 0.5) is 5.95 Å². The van der Waals surface area contributed by atoms with E-state index in [2.05, 4.69) is 9.97 Å². The molecule has 1 aliphatic heterocycles. The summed E-state index contributed by atoms with van der Waals surface area (Å²) in [6.45, 7) is 4.99. The van der Waals surface area contributed by atoms with Crippen molar-refractivity contribution in [2.45, 2.75) is 25.6 Å². The SMILES string of the molecule is CC1(C)CN(c2nccc(C(=N)N)n2)CC(CO)O1. The number of ether oxygens (including phenoxy) is 1. The third kappa shape index (κ3) is 3.18. The summed E-state index contributed by atoms with van der Waals surface area (Å²) < 4.78 is 5.74. The molecule has 1 saturated heterocycles. The molecule has 0 amide bonds. The zero-order chi connectivity index (χ0) is 14.0. The summed E-state index contributed by atoms with van der Waals surface area (Å²) in [6, 6.07) is 1.60. The van der Waals surface area contributed by atoms with Crippen molar-refractivity contribution in [3.05, 3.63) is 18.0 Å². The fourth-order valence-corrected chi connectivity index (χ4v) is 2.19. The van der Waals surface area contributed by atoms with Crippen LogP contribution in [0.3, 0.4) is 0 Å². The quantitative estimate of drug-likeness (QED) is 0.513. The number of nitrogens with one attached hydrogen (secondary N) is 1. The maximum absolute atomic E-state index is 9.28. The third-order valence-corrected chi connectivity index (χ3v) is 2.89. The Morgan fingerprint density at radius 1 is 1.68 bits per heavy atom. The van der Waals surface area contributed by atoms with Gasteiger partial charge in [-0.1, -0.05) is 0 Å². The van der Waals surface area contributed by atoms with Gasteiger partial charge < -0.3 is 20.5 Å². The van der Waals surface area contributed by atoms with Gasteiger partial charge in [0.2, 0.25) is 5.95 Å². The molecule has 0 saturated carbocycles. The molecule has 1 fully saturated rings. The minimum Gasteiger partial charge on any atom is -0.394 e. The second-order valence-electron chi connectivity index (χ2n) is 5.22. The molecule has 7 heteroatoms. The highest BCUT2D eigenvalue weighted by Gasteiger charge is 2.34. The summed E-state index contributed by atoms with van der Waals surface area (Å²) in [5, 5.41) is 16.7. The second-order valence-corrected chi connectivity index (χ2v) is 5.22. The lowest BCUT2D eigenvalue weighted by atomic mass is 10.1. The standard InChI is InChI=1S/C12H19N5O2/c1-12(2)7-17(5-8(6-18)19-12)11-15-4-3-9(16-11)10(13)14/h3-4,8,18H,5-7H2,1-2H3,(H3,13,14). The third-order valence-electron chi connectivity index (χ3n) is 2.89. The number of nitrogens with zero attached hydrogens (tertiary/aromatic N) is 3. The van der Waals surface area contributed by atoms with E-state index in [0.717, 1.165) is 0 Å². The lowest BCUT2D eigenvalue weighted by molar-refractivity contribution is -0.101. The van der Waals surface area contributed by atoms with Crippen molar-refractivity contribution in [2.75, 3.05) is 24.6 Å². The normalized spacial score (nSPS) is 22.3. The summed E-state index contributed by atoms with van der Waals surface area (Å²) in [5.74, 6) is 0.414. The molecule has 1 atom stereocenters. The molecule has 4 N–H and O–H groups in total. The highest BCUT2D eigenvalue weighted by molar-refractivity contribution is 5.93. The number of hydrogen-bond acceptors (Lipinski definition) is 6. The highest BCUT2D eigenvalue weighted by Crippen LogP contribution is 2.23. The average molecular weight is 265 g/mol. The monoisotopic (exact) mass is 265 g/mol. The minimum absolute atomic E-state index is 0.0493. The summed E-state index contributed by atoms with van der Waals surface area (Å²) in [7, 11) is 0. The number of aromatic nitrogens is 2. The first kappa shape index (κ1) is 13.7. The van der Waals surface area contributed by atoms with E-state index in [1.807, 2.05) is 18.7 Å². The number of rotatable bonds is 3. The Hall–Kier alpha value is -1.73. The predicted octanol–water partition coefficient (Wildman–Crippen LogP) is -0.263. The molecule has 0 aliphatic carbocycles. The van der Waals surface area contributed by atoms with Crippen LogP contribution in [-0.2, 0) is 4.74 Å². The largest absolute Gasteiger partial charge is 0.394 e. The highest BCUT2D eigenvalue weighted by atomic mass is 16.5. The van der Waals surface area contributed by atoms with Crippen LogP contribution in [0.25, 0.3) is 0 Å². The van der Waals surface area contributed by atoms with E-state index in [4.69, 9.17) is 15.9 Å². The molecular formula is C12H19N5O2. The van der Waals surface area contributed by atoms with Gasteiger partial charge in [-0.3, -0.25) is 5.41 Å². The Morgan fingerprint density at radius 2 is 2.42 bits per heavy atom. The van der Waals surface area contributed by atoms with Gasteiger partial charge in [0.25, 0.3) is 0 Å². The number of morpholine rings is 1. The maximum Gasteiger partial charge on any atom is 0.226 e. The molecule has 0 bridgehead atoms. The molecule has 2 heterocycles. The van der Waals surface area contributed by atoms with Crippen LogP contribution in [-0.4, -0.2) is 52.3 Å². The van der Waals surface area contributed by atoms with Gasteiger partial charge in [-0.25, -0.2) is 9.97 Å². The van der Waals surface area contributed by atoms with Crippen LogP contribution in [0, 0.1) is 5.41 Å². The Labute approximate surface area is 111 Å². The number of aliphatic hydroxyl groups excluding tert-OH is 1. The first-order valence-corrected chi connectivity index (χ1v) is 6.12. The summed E-state index contributed by atoms with van der Waals surface area (Å²) in [6.07, 6.45) is 1.31. The first-order chi connectivity index (χ1) is 8.91. The molecule has 0 radical (unpaired) electrons. The van der Waals surface area contributed by atoms with Crippen LogP contribution in [0.15, 0.2) is 12.3 Å². The van der Waals surface area contributed by atoms with Gasteiger partial charge in [-0.2, -0.15) is 0 Å². The number of amidine groups is 1. The van der Waals surface area contributed by atoms with Gasteiger partial charge in [0.05, 0.1) is 18.3 Å². The Balaban J connectivity index is 2.25. The minimum atomic E-state index is -0.388. The van der Waals surface area contributed by atoms with E-state index in [9.17, 15) is 5.11 Å². The summed E-state index contributed by atoms with van der Waals surface area (Å²) in [5.41, 5.74) is 5.44. The van der Waals surface area contributed by atoms with E-state index >= 15 is 0 Å². The predicted molar refractivity (Wildman–Crippen MR) is 71.3 cm³/mol. The number of nitrogen functional groups attached to an aromatic ring is 1. The topological polar surface area (TPSA) is 108 Å². The van der Waals surface area contributed by atoms with Gasteiger partial charge in [-0.05, 0) is 19.9 Å². The van der Waals surface area contributed by atoms with Gasteiger partial charge in [0.15, 0.2) is 0 Å². The van der Waals surface area contributed by atoms with Crippen molar-refractivity contribution in [3.8, 4) is 0 Å². The van der Waals surface area contributed by atoms with Crippen LogP contribution < -0.4 is 10.6 Å². The van der Waals surface area contributed by atoms with Gasteiger partial charge in [-0.15, -0.1) is 0 Å². The van der Waals surface area contributed by atoms with Gasteiger partial charge >= 0.3 is 0 Å². The Morgan fingerprint density at radius 3 is 3.05 bits per heavy atom. The van der Waals surface area contributed by atoms with E-state index in [1.54, 1.807) is 12.3 Å². The second kappa shape index (κ2) is 5.10. The Bertz CT molecular complexity index is 477. The molecular weight excluding hydrogens is 246 g/mol. The fraction of sp³-hybridized carbons (Fsp3) is 0.583. The number of hydrogen-bond donors (Lipinski definition) is 3. The fourth-order valence-electron chi connectivity index (χ4n) is 2.19. The number of nitrogens with two attached hydrogens (primary N) is 1. The molecule has 0 spiro atoms. The number of anilines is 1. The molecule has 19 heavy (non-hydrogen) atoms. The van der Waals surface area contributed by atoms with Crippen molar-refractivity contribution in [1.29, 1.82) is 5.41 Å². The zero-order valence-electron chi connectivity index (χ0n) is 11.1. The van der Waals surface area contributed by atoms with Crippen molar-refractivity contribution >= 4 is 11.8 Å². The van der Waals surface area contributed by atoms with Crippen molar-refractivity contribution < 1.29 is 9.84 Å². The van der Waals surface area contributed by atoms with Crippen molar-refractivity contribution in [3.63, 3.8) is 0 Å². The molecule has 1 aromatic rings. The molecule has 0 aromatic carbocycles. The zero-order valence-corrected chi connectivity index (χ0v) is 11.1. The maximum atomic E-state index is 9.28. The summed E-state index contributed by atoms with van der Waals surface area (Å²) >= 11 is 0. The number of aliphatic hydroxyl groups is 1. The molecule has 1 unspecified atom stereocenters. The van der Waals surface area contributed by atoms with Crippen molar-refractivity contribution in [2.24, 2.45) is 5.73 Å². The van der Waals surface area contributed by atoms with Crippen LogP contribution >= 0.6 is 0 Å². The van der Waals surface area contributed by atoms with Crippen molar-refractivity contribution in [1.82, 2.24) is 9.97 Å². The lowest BCUT2D eigenvalue weighted by Crippen LogP contribution is -2.54. The van der Waals surface area contributed by atoms with Crippen LogP contribution in [0.5, 0.6) is 0 Å². The Kier molecular flexibility index (Phi) is 3.68. The van der Waals surface area contributed by atoms with Crippen LogP contribution in [0.2, 0.25) is 0 Å². The molecule has 1 aromatic heterocycles. The van der Waals surface area contributed by atoms with E-state index in [-0.39, 0.29) is 24.1 Å². The molecule has 2 rings (SSSR count). The van der Waals surface area contributed by atoms with E-state index in [0.29, 0.717) is 24.7 Å². The summed E-state index contributed by atoms with van der Waals surface area (Å²) in [4.78, 5) is 10.4. The van der Waals surface area contributed by atoms with E-state index in [1.165, 1.54) is 0 Å².